The van der Waals surface area contributed by atoms with Gasteiger partial charge in [0.25, 0.3) is 11.6 Å². The first-order valence-corrected chi connectivity index (χ1v) is 7.56. The molecule has 8 heteroatoms. The predicted molar refractivity (Wildman–Crippen MR) is 85.0 cm³/mol. The highest BCUT2D eigenvalue weighted by Gasteiger charge is 2.20. The molecule has 1 N–H and O–H groups in total. The Labute approximate surface area is 135 Å². The number of hydrogen-bond donors (Lipinski definition) is 1. The summed E-state index contributed by atoms with van der Waals surface area (Å²) in [6.45, 7) is 0.391. The minimum Gasteiger partial charge on any atom is -0.496 e. The summed E-state index contributed by atoms with van der Waals surface area (Å²) in [4.78, 5) is 22.3. The van der Waals surface area contributed by atoms with Crippen molar-refractivity contribution < 1.29 is 14.5 Å². The molecule has 0 bridgehead atoms. The Morgan fingerprint density at radius 2 is 2.18 bits per heavy atom. The van der Waals surface area contributed by atoms with Crippen molar-refractivity contribution in [3.05, 3.63) is 55.2 Å². The summed E-state index contributed by atoms with van der Waals surface area (Å²) >= 11 is 6.63. The number of halogens is 1. The number of carbonyl (C=O) groups excluding carboxylic acids is 1. The molecule has 1 aromatic heterocycles. The van der Waals surface area contributed by atoms with Gasteiger partial charge in [0.05, 0.1) is 12.0 Å². The molecule has 0 aliphatic rings. The summed E-state index contributed by atoms with van der Waals surface area (Å²) in [6, 6.07) is 8.71. The standard InChI is InChI=1S/C14H13ClN2O4S/c1-21-11-5-3-2-4-9(11)6-7-16-14(18)12-8-10(17(19)20)13(15)22-12/h2-5,8H,6-7H2,1H3,(H,16,18). The fourth-order valence-electron chi connectivity index (χ4n) is 1.90. The van der Waals surface area contributed by atoms with Gasteiger partial charge >= 0.3 is 0 Å². The van der Waals surface area contributed by atoms with Crippen LogP contribution >= 0.6 is 22.9 Å². The van der Waals surface area contributed by atoms with Gasteiger partial charge in [0.2, 0.25) is 0 Å². The van der Waals surface area contributed by atoms with E-state index in [1.165, 1.54) is 6.07 Å². The molecular weight excluding hydrogens is 328 g/mol. The number of carbonyl (C=O) groups is 1. The highest BCUT2D eigenvalue weighted by molar-refractivity contribution is 7.18. The van der Waals surface area contributed by atoms with Crippen molar-refractivity contribution in [2.75, 3.05) is 13.7 Å². The zero-order chi connectivity index (χ0) is 16.1. The molecule has 2 rings (SSSR count). The quantitative estimate of drug-likeness (QED) is 0.646. The van der Waals surface area contributed by atoms with E-state index in [2.05, 4.69) is 5.32 Å². The Bertz CT molecular complexity index is 702. The Morgan fingerprint density at radius 3 is 2.82 bits per heavy atom. The molecule has 0 unspecified atom stereocenters. The Balaban J connectivity index is 1.96. The van der Waals surface area contributed by atoms with Crippen LogP contribution in [0.4, 0.5) is 5.69 Å². The number of nitrogens with zero attached hydrogens (tertiary/aromatic N) is 1. The van der Waals surface area contributed by atoms with Crippen LogP contribution in [0.3, 0.4) is 0 Å². The van der Waals surface area contributed by atoms with Gasteiger partial charge < -0.3 is 10.1 Å². The summed E-state index contributed by atoms with van der Waals surface area (Å²) in [5.41, 5.74) is 0.724. The van der Waals surface area contributed by atoms with Crippen LogP contribution in [-0.4, -0.2) is 24.5 Å². The number of methoxy groups -OCH3 is 1. The minimum absolute atomic E-state index is 0.000112. The number of ether oxygens (including phenoxy) is 1. The fourth-order valence-corrected chi connectivity index (χ4v) is 3.04. The van der Waals surface area contributed by atoms with E-state index in [0.717, 1.165) is 22.6 Å². The van der Waals surface area contributed by atoms with Crippen LogP contribution in [0.2, 0.25) is 4.34 Å². The third kappa shape index (κ3) is 3.75. The number of thiophene rings is 1. The van der Waals surface area contributed by atoms with E-state index in [1.54, 1.807) is 7.11 Å². The van der Waals surface area contributed by atoms with Crippen molar-refractivity contribution in [2.24, 2.45) is 0 Å². The van der Waals surface area contributed by atoms with Crippen LogP contribution in [0.25, 0.3) is 0 Å². The van der Waals surface area contributed by atoms with Gasteiger partial charge in [-0.05, 0) is 18.1 Å². The third-order valence-corrected chi connectivity index (χ3v) is 4.30. The molecule has 1 aromatic carbocycles. The number of hydrogen-bond acceptors (Lipinski definition) is 5. The molecule has 0 aliphatic carbocycles. The molecule has 22 heavy (non-hydrogen) atoms. The average Bonchev–Trinajstić information content (AvgIpc) is 2.90. The zero-order valence-corrected chi connectivity index (χ0v) is 13.2. The monoisotopic (exact) mass is 340 g/mol. The molecule has 1 heterocycles. The molecule has 6 nitrogen and oxygen atoms in total. The third-order valence-electron chi connectivity index (χ3n) is 2.96. The molecule has 0 saturated heterocycles. The molecule has 2 aromatic rings. The summed E-state index contributed by atoms with van der Waals surface area (Å²) in [5, 5.41) is 13.4. The molecule has 1 amide bonds. The van der Waals surface area contributed by atoms with Crippen LogP contribution in [0.5, 0.6) is 5.75 Å². The van der Waals surface area contributed by atoms with Crippen LogP contribution < -0.4 is 10.1 Å². The fraction of sp³-hybridized carbons (Fsp3) is 0.214. The van der Waals surface area contributed by atoms with E-state index in [1.807, 2.05) is 24.3 Å². The maximum Gasteiger partial charge on any atom is 0.299 e. The van der Waals surface area contributed by atoms with E-state index >= 15 is 0 Å². The highest BCUT2D eigenvalue weighted by Crippen LogP contribution is 2.33. The Hall–Kier alpha value is -2.12. The summed E-state index contributed by atoms with van der Waals surface area (Å²) < 4.78 is 5.23. The first-order chi connectivity index (χ1) is 10.5. The molecular formula is C14H13ClN2O4S. The van der Waals surface area contributed by atoms with E-state index in [9.17, 15) is 14.9 Å². The zero-order valence-electron chi connectivity index (χ0n) is 11.7. The molecule has 0 aliphatic heterocycles. The maximum atomic E-state index is 12.0. The molecule has 0 atom stereocenters. The molecule has 0 radical (unpaired) electrons. The van der Waals surface area contributed by atoms with Gasteiger partial charge in [-0.1, -0.05) is 29.8 Å². The smallest absolute Gasteiger partial charge is 0.299 e. The van der Waals surface area contributed by atoms with Crippen molar-refractivity contribution in [1.82, 2.24) is 5.32 Å². The van der Waals surface area contributed by atoms with Gasteiger partial charge in [0.1, 0.15) is 10.6 Å². The normalized spacial score (nSPS) is 10.3. The van der Waals surface area contributed by atoms with Crippen molar-refractivity contribution in [1.29, 1.82) is 0 Å². The first-order valence-electron chi connectivity index (χ1n) is 6.36. The highest BCUT2D eigenvalue weighted by atomic mass is 35.5. The molecule has 0 spiro atoms. The van der Waals surface area contributed by atoms with Gasteiger partial charge in [-0.2, -0.15) is 0 Å². The number of nitro groups is 1. The molecule has 0 fully saturated rings. The SMILES string of the molecule is COc1ccccc1CCNC(=O)c1cc([N+](=O)[O-])c(Cl)s1. The Morgan fingerprint density at radius 1 is 1.45 bits per heavy atom. The van der Waals surface area contributed by atoms with Gasteiger partial charge in [-0.3, -0.25) is 14.9 Å². The number of para-hydroxylation sites is 1. The number of nitrogens with one attached hydrogen (secondary N) is 1. The second-order valence-electron chi connectivity index (χ2n) is 4.34. The summed E-state index contributed by atoms with van der Waals surface area (Å²) in [5.74, 6) is 0.376. The van der Waals surface area contributed by atoms with Crippen LogP contribution in [0, 0.1) is 10.1 Å². The van der Waals surface area contributed by atoms with Gasteiger partial charge in [0.15, 0.2) is 4.34 Å². The summed E-state index contributed by atoms with van der Waals surface area (Å²) in [7, 11) is 1.59. The van der Waals surface area contributed by atoms with E-state index in [4.69, 9.17) is 16.3 Å². The average molecular weight is 341 g/mol. The number of amides is 1. The summed E-state index contributed by atoms with van der Waals surface area (Å²) in [6.07, 6.45) is 0.594. The van der Waals surface area contributed by atoms with Gasteiger partial charge in [0, 0.05) is 12.6 Å². The van der Waals surface area contributed by atoms with Crippen molar-refractivity contribution in [3.63, 3.8) is 0 Å². The van der Waals surface area contributed by atoms with Crippen LogP contribution in [-0.2, 0) is 6.42 Å². The number of benzene rings is 1. The Kier molecular flexibility index (Phi) is 5.35. The van der Waals surface area contributed by atoms with Crippen LogP contribution in [0.15, 0.2) is 30.3 Å². The lowest BCUT2D eigenvalue weighted by Crippen LogP contribution is -2.24. The minimum atomic E-state index is -0.607. The first kappa shape index (κ1) is 16.3. The molecule has 0 saturated carbocycles. The van der Waals surface area contributed by atoms with Crippen molar-refractivity contribution in [2.45, 2.75) is 6.42 Å². The lowest BCUT2D eigenvalue weighted by atomic mass is 10.1. The lowest BCUT2D eigenvalue weighted by molar-refractivity contribution is -0.384. The predicted octanol–water partition coefficient (Wildman–Crippen LogP) is 3.29. The van der Waals surface area contributed by atoms with Gasteiger partial charge in [-0.25, -0.2) is 0 Å². The largest absolute Gasteiger partial charge is 0.496 e. The lowest BCUT2D eigenvalue weighted by Gasteiger charge is -2.08. The maximum absolute atomic E-state index is 12.0. The van der Waals surface area contributed by atoms with Crippen molar-refractivity contribution >= 4 is 34.5 Å². The van der Waals surface area contributed by atoms with E-state index in [-0.39, 0.29) is 20.8 Å². The molecule has 116 valence electrons. The van der Waals surface area contributed by atoms with E-state index < -0.39 is 4.92 Å². The van der Waals surface area contributed by atoms with Gasteiger partial charge in [-0.15, -0.1) is 11.3 Å². The topological polar surface area (TPSA) is 81.5 Å². The second-order valence-corrected chi connectivity index (χ2v) is 6.00. The number of rotatable bonds is 6. The second kappa shape index (κ2) is 7.24. The van der Waals surface area contributed by atoms with Crippen molar-refractivity contribution in [3.8, 4) is 5.75 Å². The van der Waals surface area contributed by atoms with Crippen LogP contribution in [0.1, 0.15) is 15.2 Å². The van der Waals surface area contributed by atoms with E-state index in [0.29, 0.717) is 13.0 Å².